The van der Waals surface area contributed by atoms with Crippen molar-refractivity contribution in [1.29, 1.82) is 0 Å². The third-order valence-corrected chi connectivity index (χ3v) is 6.65. The number of urea groups is 1. The summed E-state index contributed by atoms with van der Waals surface area (Å²) in [6.45, 7) is 1.38. The van der Waals surface area contributed by atoms with Crippen molar-refractivity contribution in [1.82, 2.24) is 14.3 Å². The molecule has 2 amide bonds. The number of rotatable bonds is 4. The maximum absolute atomic E-state index is 13.1. The third kappa shape index (κ3) is 4.46. The summed E-state index contributed by atoms with van der Waals surface area (Å²) in [6, 6.07) is 21.7. The van der Waals surface area contributed by atoms with Gasteiger partial charge in [-0.3, -0.25) is 0 Å². The summed E-state index contributed by atoms with van der Waals surface area (Å²) >= 11 is 6.10. The first-order chi connectivity index (χ1) is 16.5. The molecule has 1 aliphatic heterocycles. The molecule has 1 fully saturated rings. The average molecular weight is 474 g/mol. The molecule has 7 heteroatoms. The molecule has 174 valence electrons. The highest BCUT2D eigenvalue weighted by atomic mass is 35.5. The Bertz CT molecular complexity index is 1300. The number of likely N-dealkylation sites (tertiary alicyclic amines) is 1. The fourth-order valence-corrected chi connectivity index (χ4v) is 4.71. The number of halogens is 1. The van der Waals surface area contributed by atoms with Crippen LogP contribution in [-0.2, 0) is 0 Å². The molecule has 34 heavy (non-hydrogen) atoms. The second-order valence-corrected chi connectivity index (χ2v) is 9.37. The van der Waals surface area contributed by atoms with Gasteiger partial charge in [-0.05, 0) is 61.4 Å². The van der Waals surface area contributed by atoms with E-state index in [9.17, 15) is 4.79 Å². The van der Waals surface area contributed by atoms with Crippen molar-refractivity contribution in [3.8, 4) is 11.3 Å². The topological polar surface area (TPSA) is 52.9 Å². The predicted molar refractivity (Wildman–Crippen MR) is 139 cm³/mol. The first kappa shape index (κ1) is 22.3. The van der Waals surface area contributed by atoms with Gasteiger partial charge in [0.25, 0.3) is 0 Å². The Kier molecular flexibility index (Phi) is 6.16. The molecule has 2 aromatic carbocycles. The normalized spacial score (nSPS) is 16.0. The second kappa shape index (κ2) is 9.39. The highest BCUT2D eigenvalue weighted by Gasteiger charge is 2.28. The van der Waals surface area contributed by atoms with Gasteiger partial charge in [-0.2, -0.15) is 0 Å². The molecule has 2 aromatic heterocycles. The van der Waals surface area contributed by atoms with Crippen molar-refractivity contribution in [3.63, 3.8) is 0 Å². The lowest BCUT2D eigenvalue weighted by molar-refractivity contribution is 0.191. The summed E-state index contributed by atoms with van der Waals surface area (Å²) in [5.74, 6) is 1.15. The summed E-state index contributed by atoms with van der Waals surface area (Å²) < 4.78 is 2.16. The molecule has 0 bridgehead atoms. The van der Waals surface area contributed by atoms with E-state index in [1.807, 2.05) is 84.6 Å². The molecule has 0 radical (unpaired) electrons. The highest BCUT2D eigenvalue weighted by Crippen LogP contribution is 2.32. The maximum atomic E-state index is 13.1. The van der Waals surface area contributed by atoms with E-state index in [2.05, 4.69) is 22.0 Å². The van der Waals surface area contributed by atoms with E-state index in [0.29, 0.717) is 11.6 Å². The Hall–Kier alpha value is -3.51. The Balaban J connectivity index is 1.38. The molecular weight excluding hydrogens is 446 g/mol. The summed E-state index contributed by atoms with van der Waals surface area (Å²) in [6.07, 6.45) is 3.99. The molecule has 0 spiro atoms. The van der Waals surface area contributed by atoms with Gasteiger partial charge in [-0.1, -0.05) is 29.8 Å². The Morgan fingerprint density at radius 3 is 2.56 bits per heavy atom. The van der Waals surface area contributed by atoms with Gasteiger partial charge in [-0.15, -0.1) is 0 Å². The standard InChI is InChI=1S/C27H28ClN5O/c1-31(2)23-14-12-22(13-15-23)29-27(34)32-16-5-6-20(18-32)26-30-25(19-8-10-21(28)11-9-19)24-7-3-4-17-33(24)26/h3-4,7-15,17,20H,5-6,16,18H2,1-2H3,(H,29,34)/t20-/m1/s1. The number of aromatic nitrogens is 2. The summed E-state index contributed by atoms with van der Waals surface area (Å²) in [4.78, 5) is 22.1. The van der Waals surface area contributed by atoms with Crippen LogP contribution in [0.25, 0.3) is 16.8 Å². The number of anilines is 2. The van der Waals surface area contributed by atoms with Crippen LogP contribution in [-0.4, -0.2) is 47.5 Å². The van der Waals surface area contributed by atoms with E-state index in [0.717, 1.165) is 53.4 Å². The van der Waals surface area contributed by atoms with Crippen molar-refractivity contribution in [2.45, 2.75) is 18.8 Å². The van der Waals surface area contributed by atoms with Crippen LogP contribution >= 0.6 is 11.6 Å². The molecule has 5 rings (SSSR count). The minimum absolute atomic E-state index is 0.0684. The van der Waals surface area contributed by atoms with Crippen molar-refractivity contribution >= 4 is 34.5 Å². The second-order valence-electron chi connectivity index (χ2n) is 8.94. The smallest absolute Gasteiger partial charge is 0.321 e. The van der Waals surface area contributed by atoms with Crippen LogP contribution in [0.1, 0.15) is 24.6 Å². The number of amides is 2. The summed E-state index contributed by atoms with van der Waals surface area (Å²) in [7, 11) is 4.00. The monoisotopic (exact) mass is 473 g/mol. The van der Waals surface area contributed by atoms with Gasteiger partial charge in [0, 0.05) is 61.3 Å². The molecule has 1 N–H and O–H groups in total. The molecule has 1 atom stereocenters. The van der Waals surface area contributed by atoms with Crippen LogP contribution in [0.5, 0.6) is 0 Å². The van der Waals surface area contributed by atoms with E-state index in [1.54, 1.807) is 0 Å². The maximum Gasteiger partial charge on any atom is 0.321 e. The van der Waals surface area contributed by atoms with E-state index in [1.165, 1.54) is 0 Å². The van der Waals surface area contributed by atoms with Crippen LogP contribution in [0, 0.1) is 0 Å². The molecular formula is C27H28ClN5O. The number of hydrogen-bond acceptors (Lipinski definition) is 3. The Morgan fingerprint density at radius 2 is 1.82 bits per heavy atom. The quantitative estimate of drug-likeness (QED) is 0.387. The summed E-state index contributed by atoms with van der Waals surface area (Å²) in [5, 5.41) is 3.76. The predicted octanol–water partition coefficient (Wildman–Crippen LogP) is 6.13. The van der Waals surface area contributed by atoms with Gasteiger partial charge in [0.2, 0.25) is 0 Å². The zero-order valence-electron chi connectivity index (χ0n) is 19.4. The SMILES string of the molecule is CN(C)c1ccc(NC(=O)N2CCC[C@@H](c3nc(-c4ccc(Cl)cc4)c4ccccn34)C2)cc1. The molecule has 1 aliphatic rings. The van der Waals surface area contributed by atoms with Gasteiger partial charge in [-0.25, -0.2) is 9.78 Å². The average Bonchev–Trinajstić information content (AvgIpc) is 3.25. The third-order valence-electron chi connectivity index (χ3n) is 6.40. The van der Waals surface area contributed by atoms with Crippen LogP contribution < -0.4 is 10.2 Å². The van der Waals surface area contributed by atoms with Crippen LogP contribution in [0.2, 0.25) is 5.02 Å². The number of nitrogens with one attached hydrogen (secondary N) is 1. The van der Waals surface area contributed by atoms with E-state index in [-0.39, 0.29) is 11.9 Å². The Labute approximate surface area is 204 Å². The molecule has 4 aromatic rings. The van der Waals surface area contributed by atoms with Crippen molar-refractivity contribution < 1.29 is 4.79 Å². The largest absolute Gasteiger partial charge is 0.378 e. The number of imidazole rings is 1. The number of hydrogen-bond donors (Lipinski definition) is 1. The number of benzene rings is 2. The first-order valence-corrected chi connectivity index (χ1v) is 11.9. The zero-order chi connectivity index (χ0) is 23.7. The number of nitrogens with zero attached hydrogens (tertiary/aromatic N) is 4. The van der Waals surface area contributed by atoms with E-state index in [4.69, 9.17) is 16.6 Å². The summed E-state index contributed by atoms with van der Waals surface area (Å²) in [5.41, 5.74) is 4.93. The molecule has 0 aliphatic carbocycles. The van der Waals surface area contributed by atoms with E-state index >= 15 is 0 Å². The van der Waals surface area contributed by atoms with Crippen molar-refractivity contribution in [2.75, 3.05) is 37.4 Å². The number of carbonyl (C=O) groups is 1. The molecule has 1 saturated heterocycles. The lowest BCUT2D eigenvalue weighted by atomic mass is 9.97. The van der Waals surface area contributed by atoms with Crippen LogP contribution in [0.3, 0.4) is 0 Å². The van der Waals surface area contributed by atoms with Gasteiger partial charge in [0.15, 0.2) is 0 Å². The fraction of sp³-hybridized carbons (Fsp3) is 0.259. The van der Waals surface area contributed by atoms with Gasteiger partial charge >= 0.3 is 6.03 Å². The van der Waals surface area contributed by atoms with Crippen molar-refractivity contribution in [3.05, 3.63) is 83.8 Å². The van der Waals surface area contributed by atoms with Crippen LogP contribution in [0.4, 0.5) is 16.2 Å². The molecule has 0 unspecified atom stereocenters. The first-order valence-electron chi connectivity index (χ1n) is 11.6. The van der Waals surface area contributed by atoms with Gasteiger partial charge in [0.1, 0.15) is 5.82 Å². The zero-order valence-corrected chi connectivity index (χ0v) is 20.2. The molecule has 6 nitrogen and oxygen atoms in total. The lowest BCUT2D eigenvalue weighted by Crippen LogP contribution is -2.42. The minimum atomic E-state index is -0.0684. The number of pyridine rings is 1. The van der Waals surface area contributed by atoms with Crippen LogP contribution in [0.15, 0.2) is 72.9 Å². The van der Waals surface area contributed by atoms with Crippen molar-refractivity contribution in [2.24, 2.45) is 0 Å². The molecule has 0 saturated carbocycles. The van der Waals surface area contributed by atoms with Gasteiger partial charge in [0.05, 0.1) is 11.2 Å². The highest BCUT2D eigenvalue weighted by molar-refractivity contribution is 6.30. The van der Waals surface area contributed by atoms with E-state index < -0.39 is 0 Å². The number of fused-ring (bicyclic) bond motifs is 1. The lowest BCUT2D eigenvalue weighted by Gasteiger charge is -2.32. The Morgan fingerprint density at radius 1 is 1.06 bits per heavy atom. The number of carbonyl (C=O) groups excluding carboxylic acids is 1. The number of piperidine rings is 1. The minimum Gasteiger partial charge on any atom is -0.378 e. The fourth-order valence-electron chi connectivity index (χ4n) is 4.59. The van der Waals surface area contributed by atoms with Gasteiger partial charge < -0.3 is 19.5 Å². The molecule has 3 heterocycles.